The van der Waals surface area contributed by atoms with Crippen molar-refractivity contribution in [2.75, 3.05) is 19.5 Å². The molecule has 1 atom stereocenters. The summed E-state index contributed by atoms with van der Waals surface area (Å²) < 4.78 is 18.9. The van der Waals surface area contributed by atoms with Gasteiger partial charge in [-0.25, -0.2) is 15.0 Å². The second kappa shape index (κ2) is 8.19. The molecule has 8 heteroatoms. The van der Waals surface area contributed by atoms with Gasteiger partial charge in [-0.3, -0.25) is 4.98 Å². The molecule has 30 heavy (non-hydrogen) atoms. The number of thiophene rings is 1. The van der Waals surface area contributed by atoms with Gasteiger partial charge in [-0.05, 0) is 54.6 Å². The van der Waals surface area contributed by atoms with Crippen LogP contribution >= 0.6 is 11.3 Å². The minimum atomic E-state index is -1.08. The third kappa shape index (κ3) is 3.47. The minimum Gasteiger partial charge on any atom is -0.611 e. The number of hydrogen-bond acceptors (Lipinski definition) is 7. The Balaban J connectivity index is 1.65. The van der Waals surface area contributed by atoms with Crippen LogP contribution in [0.5, 0.6) is 0 Å². The SMILES string of the molecule is COCC[S+]([O-])c1sc2nc(-c3cnc4nccnc4c3)cc(C3CCC3)c2c1C. The summed E-state index contributed by atoms with van der Waals surface area (Å²) in [6, 6.07) is 4.19. The molecule has 0 bridgehead atoms. The normalized spacial score (nSPS) is 15.6. The summed E-state index contributed by atoms with van der Waals surface area (Å²) >= 11 is 0.466. The molecule has 0 amide bonds. The monoisotopic (exact) mass is 438 g/mol. The second-order valence-electron chi connectivity index (χ2n) is 7.58. The fourth-order valence-corrected chi connectivity index (χ4v) is 6.67. The van der Waals surface area contributed by atoms with Crippen LogP contribution in [0.15, 0.2) is 34.9 Å². The maximum absolute atomic E-state index is 12.8. The molecule has 0 spiro atoms. The van der Waals surface area contributed by atoms with Crippen molar-refractivity contribution in [3.05, 3.63) is 41.9 Å². The van der Waals surface area contributed by atoms with Crippen molar-refractivity contribution in [3.63, 3.8) is 0 Å². The number of aryl methyl sites for hydroxylation is 1. The molecule has 1 aliphatic rings. The van der Waals surface area contributed by atoms with Crippen molar-refractivity contribution < 1.29 is 9.29 Å². The average Bonchev–Trinajstić information content (AvgIpc) is 3.07. The van der Waals surface area contributed by atoms with Gasteiger partial charge in [-0.15, -0.1) is 0 Å². The highest BCUT2D eigenvalue weighted by Crippen LogP contribution is 2.45. The van der Waals surface area contributed by atoms with Crippen LogP contribution in [0.1, 0.15) is 36.3 Å². The highest BCUT2D eigenvalue weighted by atomic mass is 32.2. The Hall–Kier alpha value is -2.13. The zero-order valence-electron chi connectivity index (χ0n) is 16.9. The largest absolute Gasteiger partial charge is 0.611 e. The molecule has 0 aromatic carbocycles. The van der Waals surface area contributed by atoms with Crippen LogP contribution in [0.4, 0.5) is 0 Å². The Morgan fingerprint density at radius 1 is 1.20 bits per heavy atom. The van der Waals surface area contributed by atoms with Crippen LogP contribution in [0.25, 0.3) is 32.6 Å². The van der Waals surface area contributed by atoms with Crippen molar-refractivity contribution in [2.24, 2.45) is 0 Å². The first-order valence-electron chi connectivity index (χ1n) is 10.0. The topological polar surface area (TPSA) is 83.9 Å². The van der Waals surface area contributed by atoms with Crippen LogP contribution in [0, 0.1) is 6.92 Å². The van der Waals surface area contributed by atoms with Gasteiger partial charge in [0, 0.05) is 42.2 Å². The van der Waals surface area contributed by atoms with Gasteiger partial charge in [0.1, 0.15) is 16.1 Å². The Morgan fingerprint density at radius 3 is 2.80 bits per heavy atom. The van der Waals surface area contributed by atoms with Gasteiger partial charge in [-0.1, -0.05) is 17.8 Å². The van der Waals surface area contributed by atoms with Gasteiger partial charge < -0.3 is 9.29 Å². The summed E-state index contributed by atoms with van der Waals surface area (Å²) in [5.74, 6) is 1.04. The van der Waals surface area contributed by atoms with Gasteiger partial charge in [0.2, 0.25) is 4.21 Å². The number of hydrogen-bond donors (Lipinski definition) is 0. The van der Waals surface area contributed by atoms with Gasteiger partial charge >= 0.3 is 0 Å². The number of rotatable bonds is 6. The van der Waals surface area contributed by atoms with E-state index in [0.717, 1.165) is 31.4 Å². The quantitative estimate of drug-likeness (QED) is 0.408. The summed E-state index contributed by atoms with van der Waals surface area (Å²) in [4.78, 5) is 19.0. The lowest BCUT2D eigenvalue weighted by atomic mass is 9.78. The molecule has 0 aliphatic heterocycles. The van der Waals surface area contributed by atoms with Crippen molar-refractivity contribution in [1.82, 2.24) is 19.9 Å². The van der Waals surface area contributed by atoms with Gasteiger partial charge in [-0.2, -0.15) is 0 Å². The zero-order valence-corrected chi connectivity index (χ0v) is 18.6. The molecule has 0 saturated heterocycles. The van der Waals surface area contributed by atoms with E-state index < -0.39 is 11.2 Å². The molecule has 1 fully saturated rings. The van der Waals surface area contributed by atoms with Crippen LogP contribution in [-0.4, -0.2) is 44.0 Å². The minimum absolute atomic E-state index is 0.484. The Bertz CT molecular complexity index is 1220. The third-order valence-corrected chi connectivity index (χ3v) is 8.78. The Morgan fingerprint density at radius 2 is 2.03 bits per heavy atom. The molecule has 4 aromatic rings. The molecule has 1 saturated carbocycles. The number of pyridine rings is 2. The first-order chi connectivity index (χ1) is 14.7. The number of nitrogens with zero attached hydrogens (tertiary/aromatic N) is 4. The maximum atomic E-state index is 12.8. The summed E-state index contributed by atoms with van der Waals surface area (Å²) in [7, 11) is 1.64. The summed E-state index contributed by atoms with van der Waals surface area (Å²) in [5.41, 5.74) is 5.63. The lowest BCUT2D eigenvalue weighted by Gasteiger charge is -2.27. The summed E-state index contributed by atoms with van der Waals surface area (Å²) in [6.45, 7) is 2.56. The molecule has 154 valence electrons. The van der Waals surface area contributed by atoms with Crippen LogP contribution in [0.2, 0.25) is 0 Å². The van der Waals surface area contributed by atoms with Crippen molar-refractivity contribution >= 4 is 43.9 Å². The molecule has 4 aromatic heterocycles. The van der Waals surface area contributed by atoms with Crippen LogP contribution < -0.4 is 0 Å². The highest BCUT2D eigenvalue weighted by molar-refractivity contribution is 7.93. The van der Waals surface area contributed by atoms with Crippen molar-refractivity contribution in [2.45, 2.75) is 36.3 Å². The Labute approximate surface area is 181 Å². The summed E-state index contributed by atoms with van der Waals surface area (Å²) in [6.07, 6.45) is 8.78. The van der Waals surface area contributed by atoms with E-state index in [1.165, 1.54) is 30.2 Å². The molecule has 0 N–H and O–H groups in total. The number of ether oxygens (including phenoxy) is 1. The fourth-order valence-electron chi connectivity index (χ4n) is 3.91. The molecule has 6 nitrogen and oxygen atoms in total. The highest BCUT2D eigenvalue weighted by Gasteiger charge is 2.28. The standard InChI is InChI=1S/C22H22N4O2S2/c1-13-19-16(14-4-3-5-14)11-17(15-10-18-20(25-12-15)24-7-6-23-18)26-21(19)29-22(13)30(27)9-8-28-2/h6-7,10-12,14H,3-5,8-9H2,1-2H3. The number of aromatic nitrogens is 4. The molecular weight excluding hydrogens is 416 g/mol. The molecule has 1 unspecified atom stereocenters. The van der Waals surface area contributed by atoms with Crippen LogP contribution in [-0.2, 0) is 15.9 Å². The maximum Gasteiger partial charge on any atom is 0.212 e. The molecule has 5 rings (SSSR count). The van der Waals surface area contributed by atoms with Gasteiger partial charge in [0.05, 0.1) is 12.3 Å². The van der Waals surface area contributed by atoms with E-state index in [9.17, 15) is 4.55 Å². The molecule has 4 heterocycles. The van der Waals surface area contributed by atoms with Crippen molar-refractivity contribution in [1.29, 1.82) is 0 Å². The predicted octanol–water partition coefficient (Wildman–Crippen LogP) is 4.63. The van der Waals surface area contributed by atoms with E-state index in [1.54, 1.807) is 30.8 Å². The molecule has 1 aliphatic carbocycles. The smallest absolute Gasteiger partial charge is 0.212 e. The average molecular weight is 439 g/mol. The summed E-state index contributed by atoms with van der Waals surface area (Å²) in [5, 5.41) is 1.18. The van der Waals surface area contributed by atoms with E-state index in [0.29, 0.717) is 23.9 Å². The van der Waals surface area contributed by atoms with E-state index >= 15 is 0 Å². The molecular formula is C22H22N4O2S2. The lowest BCUT2D eigenvalue weighted by molar-refractivity contribution is 0.217. The van der Waals surface area contributed by atoms with E-state index in [1.807, 2.05) is 12.3 Å². The van der Waals surface area contributed by atoms with Crippen molar-refractivity contribution in [3.8, 4) is 11.3 Å². The number of fused-ring (bicyclic) bond motifs is 2. The first-order valence-corrected chi connectivity index (χ1v) is 12.2. The fraction of sp³-hybridized carbons (Fsp3) is 0.364. The Kier molecular flexibility index (Phi) is 5.41. The lowest BCUT2D eigenvalue weighted by Crippen LogP contribution is -2.12. The third-order valence-electron chi connectivity index (χ3n) is 5.73. The van der Waals surface area contributed by atoms with Gasteiger partial charge in [0.25, 0.3) is 0 Å². The number of methoxy groups -OCH3 is 1. The predicted molar refractivity (Wildman–Crippen MR) is 120 cm³/mol. The van der Waals surface area contributed by atoms with E-state index in [2.05, 4.69) is 27.9 Å². The van der Waals surface area contributed by atoms with Gasteiger partial charge in [0.15, 0.2) is 5.65 Å². The zero-order chi connectivity index (χ0) is 20.7. The van der Waals surface area contributed by atoms with E-state index in [4.69, 9.17) is 9.72 Å². The second-order valence-corrected chi connectivity index (χ2v) is 10.3. The molecule has 0 radical (unpaired) electrons. The van der Waals surface area contributed by atoms with E-state index in [-0.39, 0.29) is 0 Å². The van der Waals surface area contributed by atoms with Crippen LogP contribution in [0.3, 0.4) is 0 Å². The first kappa shape index (κ1) is 19.8.